The fourth-order valence-corrected chi connectivity index (χ4v) is 3.86. The Morgan fingerprint density at radius 1 is 1.19 bits per heavy atom. The van der Waals surface area contributed by atoms with E-state index in [0.29, 0.717) is 31.2 Å². The maximum Gasteiger partial charge on any atom is 0.271 e. The summed E-state index contributed by atoms with van der Waals surface area (Å²) in [4.78, 5) is 28.4. The number of piperazine rings is 1. The lowest BCUT2D eigenvalue weighted by atomic mass is 10.2. The first-order valence-corrected chi connectivity index (χ1v) is 9.64. The van der Waals surface area contributed by atoms with Gasteiger partial charge in [0.25, 0.3) is 5.56 Å². The molecule has 8 heteroatoms. The Kier molecular flexibility index (Phi) is 4.85. The molecule has 0 unspecified atom stereocenters. The smallest absolute Gasteiger partial charge is 0.271 e. The molecule has 27 heavy (non-hydrogen) atoms. The van der Waals surface area contributed by atoms with E-state index in [1.807, 2.05) is 46.0 Å². The lowest BCUT2D eigenvalue weighted by Crippen LogP contribution is -2.47. The predicted octanol–water partition coefficient (Wildman–Crippen LogP) is 2.02. The van der Waals surface area contributed by atoms with Gasteiger partial charge in [-0.25, -0.2) is 9.97 Å². The van der Waals surface area contributed by atoms with Crippen molar-refractivity contribution in [2.75, 3.05) is 36.0 Å². The molecule has 0 spiro atoms. The van der Waals surface area contributed by atoms with Crippen molar-refractivity contribution in [2.24, 2.45) is 0 Å². The summed E-state index contributed by atoms with van der Waals surface area (Å²) in [5.41, 5.74) is 0.800. The summed E-state index contributed by atoms with van der Waals surface area (Å²) in [6.45, 7) is 2.88. The maximum absolute atomic E-state index is 12.4. The lowest BCUT2D eigenvalue weighted by molar-refractivity contribution is 0.638. The molecule has 136 valence electrons. The molecule has 3 aromatic rings. The quantitative estimate of drug-likeness (QED) is 0.747. The van der Waals surface area contributed by atoms with E-state index < -0.39 is 0 Å². The van der Waals surface area contributed by atoms with Crippen LogP contribution in [0.2, 0.25) is 0 Å². The zero-order chi connectivity index (χ0) is 18.6. The molecule has 1 aliphatic rings. The summed E-state index contributed by atoms with van der Waals surface area (Å²) >= 11 is 1.61. The van der Waals surface area contributed by atoms with Crippen LogP contribution in [-0.4, -0.2) is 41.1 Å². The van der Waals surface area contributed by atoms with Crippen LogP contribution in [0, 0.1) is 11.3 Å². The molecular formula is C19H18N6OS. The number of hydrogen-bond donors (Lipinski definition) is 1. The van der Waals surface area contributed by atoms with Gasteiger partial charge in [-0.1, -0.05) is 6.07 Å². The molecule has 4 heterocycles. The third-order valence-electron chi connectivity index (χ3n) is 4.57. The molecule has 1 aliphatic heterocycles. The first-order chi connectivity index (χ1) is 13.2. The van der Waals surface area contributed by atoms with Crippen LogP contribution in [0.15, 0.2) is 46.0 Å². The highest BCUT2D eigenvalue weighted by Crippen LogP contribution is 2.20. The third-order valence-corrected chi connectivity index (χ3v) is 5.30. The van der Waals surface area contributed by atoms with Gasteiger partial charge in [-0.3, -0.25) is 4.79 Å². The average molecular weight is 378 g/mol. The van der Waals surface area contributed by atoms with Gasteiger partial charge in [0, 0.05) is 38.8 Å². The Hall–Kier alpha value is -3.18. The molecule has 7 nitrogen and oxygen atoms in total. The summed E-state index contributed by atoms with van der Waals surface area (Å²) in [5, 5.41) is 13.5. The number of aromatic amines is 1. The van der Waals surface area contributed by atoms with Crippen LogP contribution < -0.4 is 15.4 Å². The van der Waals surface area contributed by atoms with Gasteiger partial charge in [-0.05, 0) is 34.5 Å². The minimum Gasteiger partial charge on any atom is -0.353 e. The molecule has 0 aromatic carbocycles. The Balaban J connectivity index is 1.57. The van der Waals surface area contributed by atoms with E-state index >= 15 is 0 Å². The van der Waals surface area contributed by atoms with Crippen LogP contribution in [0.3, 0.4) is 0 Å². The van der Waals surface area contributed by atoms with Crippen molar-refractivity contribution in [3.05, 3.63) is 68.5 Å². The number of anilines is 2. The topological polar surface area (TPSA) is 88.9 Å². The van der Waals surface area contributed by atoms with Crippen LogP contribution in [0.4, 0.5) is 11.6 Å². The molecule has 0 aliphatic carbocycles. The minimum absolute atomic E-state index is 0.0790. The molecule has 0 saturated carbocycles. The van der Waals surface area contributed by atoms with Gasteiger partial charge in [0.15, 0.2) is 11.4 Å². The fourth-order valence-electron chi connectivity index (χ4n) is 3.19. The van der Waals surface area contributed by atoms with Gasteiger partial charge < -0.3 is 14.8 Å². The molecule has 0 amide bonds. The summed E-state index contributed by atoms with van der Waals surface area (Å²) in [6.07, 6.45) is 2.33. The van der Waals surface area contributed by atoms with Crippen molar-refractivity contribution in [2.45, 2.75) is 6.42 Å². The highest BCUT2D eigenvalue weighted by Gasteiger charge is 2.23. The van der Waals surface area contributed by atoms with Crippen molar-refractivity contribution in [1.82, 2.24) is 15.0 Å². The van der Waals surface area contributed by atoms with Gasteiger partial charge in [0.1, 0.15) is 17.7 Å². The summed E-state index contributed by atoms with van der Waals surface area (Å²) in [6, 6.07) is 9.88. The number of nitrogens with zero attached hydrogens (tertiary/aromatic N) is 5. The van der Waals surface area contributed by atoms with Gasteiger partial charge in [0.2, 0.25) is 0 Å². The Morgan fingerprint density at radius 2 is 2.00 bits per heavy atom. The van der Waals surface area contributed by atoms with Crippen LogP contribution in [-0.2, 0) is 6.42 Å². The van der Waals surface area contributed by atoms with E-state index in [9.17, 15) is 10.1 Å². The molecule has 0 atom stereocenters. The maximum atomic E-state index is 12.4. The number of nitrogens with one attached hydrogen (secondary N) is 1. The summed E-state index contributed by atoms with van der Waals surface area (Å²) < 4.78 is 0. The second kappa shape index (κ2) is 7.60. The first-order valence-electron chi connectivity index (χ1n) is 8.70. The Labute approximate surface area is 160 Å². The number of nitriles is 1. The molecule has 0 bridgehead atoms. The molecule has 3 aromatic heterocycles. The average Bonchev–Trinajstić information content (AvgIpc) is 3.21. The van der Waals surface area contributed by atoms with Gasteiger partial charge in [-0.15, -0.1) is 0 Å². The molecule has 1 saturated heterocycles. The number of thiophene rings is 1. The highest BCUT2D eigenvalue weighted by molar-refractivity contribution is 7.07. The van der Waals surface area contributed by atoms with E-state index in [4.69, 9.17) is 0 Å². The molecule has 4 rings (SSSR count). The van der Waals surface area contributed by atoms with Crippen molar-refractivity contribution >= 4 is 23.0 Å². The number of pyridine rings is 1. The SMILES string of the molecule is N#Cc1c(N2CCN(c3ccccn3)CC2)nc(Cc2ccsc2)[nH]c1=O. The normalized spacial score (nSPS) is 14.2. The van der Waals surface area contributed by atoms with E-state index in [2.05, 4.69) is 19.9 Å². The molecule has 0 radical (unpaired) electrons. The number of H-pyrrole nitrogens is 1. The molecule has 1 N–H and O–H groups in total. The van der Waals surface area contributed by atoms with E-state index in [-0.39, 0.29) is 11.1 Å². The predicted molar refractivity (Wildman–Crippen MR) is 105 cm³/mol. The highest BCUT2D eigenvalue weighted by atomic mass is 32.1. The standard InChI is InChI=1S/C19H18N6OS/c20-12-15-18(22-16(23-19(15)26)11-14-4-10-27-13-14)25-8-6-24(7-9-25)17-3-1-2-5-21-17/h1-5,10,13H,6-9,11H2,(H,22,23,26). The van der Waals surface area contributed by atoms with Gasteiger partial charge >= 0.3 is 0 Å². The number of aromatic nitrogens is 3. The van der Waals surface area contributed by atoms with E-state index in [1.54, 1.807) is 17.5 Å². The lowest BCUT2D eigenvalue weighted by Gasteiger charge is -2.36. The summed E-state index contributed by atoms with van der Waals surface area (Å²) in [5.74, 6) is 2.00. The molecule has 1 fully saturated rings. The van der Waals surface area contributed by atoms with E-state index in [1.165, 1.54) is 0 Å². The fraction of sp³-hybridized carbons (Fsp3) is 0.263. The zero-order valence-electron chi connectivity index (χ0n) is 14.6. The van der Waals surface area contributed by atoms with Gasteiger partial charge in [-0.2, -0.15) is 16.6 Å². The van der Waals surface area contributed by atoms with Gasteiger partial charge in [0.05, 0.1) is 0 Å². The second-order valence-corrected chi connectivity index (χ2v) is 7.07. The Morgan fingerprint density at radius 3 is 2.67 bits per heavy atom. The van der Waals surface area contributed by atoms with E-state index in [0.717, 1.165) is 24.5 Å². The summed E-state index contributed by atoms with van der Waals surface area (Å²) in [7, 11) is 0. The van der Waals surface area contributed by atoms with Crippen LogP contribution in [0.1, 0.15) is 17.0 Å². The zero-order valence-corrected chi connectivity index (χ0v) is 15.4. The van der Waals surface area contributed by atoms with Crippen molar-refractivity contribution < 1.29 is 0 Å². The van der Waals surface area contributed by atoms with Crippen LogP contribution in [0.25, 0.3) is 0 Å². The Bertz CT molecular complexity index is 1000. The number of hydrogen-bond acceptors (Lipinski definition) is 7. The molecular weight excluding hydrogens is 360 g/mol. The number of rotatable bonds is 4. The third kappa shape index (κ3) is 3.68. The first kappa shape index (κ1) is 17.2. The van der Waals surface area contributed by atoms with Crippen molar-refractivity contribution in [1.29, 1.82) is 5.26 Å². The monoisotopic (exact) mass is 378 g/mol. The van der Waals surface area contributed by atoms with Crippen molar-refractivity contribution in [3.8, 4) is 6.07 Å². The van der Waals surface area contributed by atoms with Crippen LogP contribution in [0.5, 0.6) is 0 Å². The van der Waals surface area contributed by atoms with Crippen LogP contribution >= 0.6 is 11.3 Å². The largest absolute Gasteiger partial charge is 0.353 e. The minimum atomic E-state index is -0.375. The van der Waals surface area contributed by atoms with Crippen molar-refractivity contribution in [3.63, 3.8) is 0 Å². The second-order valence-electron chi connectivity index (χ2n) is 6.29.